The van der Waals surface area contributed by atoms with Gasteiger partial charge in [0.2, 0.25) is 0 Å². The molecule has 0 spiro atoms. The number of carbonyl (C=O) groups excluding carboxylic acids is 1. The largest absolute Gasteiger partial charge is 0.338 e. The first kappa shape index (κ1) is 25.9. The van der Waals surface area contributed by atoms with Crippen LogP contribution in [0.5, 0.6) is 0 Å². The number of amides is 1. The van der Waals surface area contributed by atoms with Crippen molar-refractivity contribution in [2.75, 3.05) is 13.1 Å². The summed E-state index contributed by atoms with van der Waals surface area (Å²) in [6, 6.07) is 14.2. The lowest BCUT2D eigenvalue weighted by Gasteiger charge is -2.41. The quantitative estimate of drug-likeness (QED) is 0.562. The van der Waals surface area contributed by atoms with Crippen molar-refractivity contribution in [1.82, 2.24) is 10.3 Å². The first-order chi connectivity index (χ1) is 15.5. The Hall–Kier alpha value is -2.40. The number of halogens is 2. The minimum atomic E-state index is -0.455. The highest BCUT2D eigenvalue weighted by molar-refractivity contribution is 6.34. The van der Waals surface area contributed by atoms with Crippen LogP contribution in [0.4, 0.5) is 4.39 Å². The van der Waals surface area contributed by atoms with E-state index in [-0.39, 0.29) is 17.5 Å². The topological polar surface area (TPSA) is 44.7 Å². The van der Waals surface area contributed by atoms with E-state index in [2.05, 4.69) is 17.5 Å². The number of hydrazone groups is 1. The second-order valence-electron chi connectivity index (χ2n) is 7.75. The van der Waals surface area contributed by atoms with Gasteiger partial charge in [-0.05, 0) is 36.5 Å². The van der Waals surface area contributed by atoms with Gasteiger partial charge in [0.1, 0.15) is 5.82 Å². The Bertz CT molecular complexity index is 911. The average Bonchev–Trinajstić information content (AvgIpc) is 3.29. The van der Waals surface area contributed by atoms with Crippen LogP contribution in [-0.4, -0.2) is 35.7 Å². The van der Waals surface area contributed by atoms with Crippen molar-refractivity contribution in [3.8, 4) is 0 Å². The van der Waals surface area contributed by atoms with Gasteiger partial charge in [0.25, 0.3) is 5.91 Å². The van der Waals surface area contributed by atoms with Crippen LogP contribution in [0.15, 0.2) is 53.6 Å². The lowest BCUT2D eigenvalue weighted by Crippen LogP contribution is -2.51. The molecular formula is C26H35ClFN3O. The monoisotopic (exact) mass is 459 g/mol. The third-order valence-corrected chi connectivity index (χ3v) is 6.03. The summed E-state index contributed by atoms with van der Waals surface area (Å²) >= 11 is 6.28. The van der Waals surface area contributed by atoms with Crippen molar-refractivity contribution < 1.29 is 9.18 Å². The fourth-order valence-corrected chi connectivity index (χ4v) is 4.28. The molecule has 1 saturated heterocycles. The molecular weight excluding hydrogens is 425 g/mol. The predicted molar refractivity (Wildman–Crippen MR) is 132 cm³/mol. The molecule has 2 aliphatic heterocycles. The molecule has 32 heavy (non-hydrogen) atoms. The average molecular weight is 460 g/mol. The van der Waals surface area contributed by atoms with Crippen LogP contribution in [0.25, 0.3) is 0 Å². The molecule has 2 atom stereocenters. The van der Waals surface area contributed by atoms with E-state index in [4.69, 9.17) is 11.6 Å². The van der Waals surface area contributed by atoms with Gasteiger partial charge in [-0.3, -0.25) is 4.79 Å². The zero-order valence-corrected chi connectivity index (χ0v) is 20.5. The van der Waals surface area contributed by atoms with Crippen molar-refractivity contribution >= 4 is 23.2 Å². The second kappa shape index (κ2) is 12.6. The van der Waals surface area contributed by atoms with Crippen LogP contribution < -0.4 is 5.43 Å². The molecule has 174 valence electrons. The van der Waals surface area contributed by atoms with Crippen LogP contribution in [0.1, 0.15) is 63.4 Å². The zero-order valence-electron chi connectivity index (χ0n) is 19.7. The normalized spacial score (nSPS) is 18.2. The molecule has 1 amide bonds. The van der Waals surface area contributed by atoms with Crippen LogP contribution in [0.3, 0.4) is 0 Å². The number of hydrogen-bond acceptors (Lipinski definition) is 3. The summed E-state index contributed by atoms with van der Waals surface area (Å²) in [5.74, 6) is 0.186. The Balaban J connectivity index is 0.000000860. The van der Waals surface area contributed by atoms with Gasteiger partial charge in [-0.2, -0.15) is 5.10 Å². The highest BCUT2D eigenvalue weighted by Gasteiger charge is 2.35. The molecule has 2 unspecified atom stereocenters. The van der Waals surface area contributed by atoms with Gasteiger partial charge in [-0.25, -0.2) is 4.39 Å². The molecule has 0 aromatic heterocycles. The zero-order chi connectivity index (χ0) is 23.7. The van der Waals surface area contributed by atoms with Crippen molar-refractivity contribution in [2.45, 2.75) is 53.5 Å². The fourth-order valence-electron chi connectivity index (χ4n) is 4.03. The summed E-state index contributed by atoms with van der Waals surface area (Å²) in [5, 5.41) is 5.21. The van der Waals surface area contributed by atoms with Gasteiger partial charge in [0.15, 0.2) is 0 Å². The van der Waals surface area contributed by atoms with E-state index in [0.29, 0.717) is 24.9 Å². The first-order valence-corrected chi connectivity index (χ1v) is 12.0. The maximum absolute atomic E-state index is 13.8. The third-order valence-electron chi connectivity index (χ3n) is 5.70. The molecule has 2 aromatic carbocycles. The molecule has 0 aliphatic carbocycles. The van der Waals surface area contributed by atoms with Gasteiger partial charge in [0.05, 0.1) is 17.3 Å². The number of rotatable bonds is 5. The fraction of sp³-hybridized carbons (Fsp3) is 0.462. The van der Waals surface area contributed by atoms with E-state index in [1.807, 2.05) is 52.0 Å². The lowest BCUT2D eigenvalue weighted by molar-refractivity contribution is 0.0441. The molecule has 0 bridgehead atoms. The molecule has 2 heterocycles. The Labute approximate surface area is 196 Å². The van der Waals surface area contributed by atoms with Crippen molar-refractivity contribution in [3.63, 3.8) is 0 Å². The molecule has 4 nitrogen and oxygen atoms in total. The molecule has 0 saturated carbocycles. The van der Waals surface area contributed by atoms with E-state index in [1.54, 1.807) is 23.1 Å². The number of nitrogens with zero attached hydrogens (tertiary/aromatic N) is 2. The Kier molecular flexibility index (Phi) is 10.2. The minimum Gasteiger partial charge on any atom is -0.338 e. The number of carbonyl (C=O) groups is 1. The highest BCUT2D eigenvalue weighted by Crippen LogP contribution is 2.30. The summed E-state index contributed by atoms with van der Waals surface area (Å²) in [4.78, 5) is 14.1. The summed E-state index contributed by atoms with van der Waals surface area (Å²) in [7, 11) is 0. The number of nitrogens with one attached hydrogen (secondary N) is 1. The van der Waals surface area contributed by atoms with E-state index < -0.39 is 5.82 Å². The lowest BCUT2D eigenvalue weighted by atomic mass is 9.84. The van der Waals surface area contributed by atoms with Crippen molar-refractivity contribution in [2.24, 2.45) is 16.9 Å². The van der Waals surface area contributed by atoms with Gasteiger partial charge < -0.3 is 10.3 Å². The summed E-state index contributed by atoms with van der Waals surface area (Å²) in [6.45, 7) is 11.6. The number of likely N-dealkylation sites (tertiary alicyclic amines) is 1. The van der Waals surface area contributed by atoms with Gasteiger partial charge >= 0.3 is 0 Å². The van der Waals surface area contributed by atoms with Crippen molar-refractivity contribution in [3.05, 3.63) is 70.5 Å². The van der Waals surface area contributed by atoms with Crippen molar-refractivity contribution in [1.29, 1.82) is 0 Å². The van der Waals surface area contributed by atoms with E-state index >= 15 is 0 Å². The summed E-state index contributed by atoms with van der Waals surface area (Å²) in [6.07, 6.45) is 1.85. The predicted octanol–water partition coefficient (Wildman–Crippen LogP) is 6.40. The molecule has 6 heteroatoms. The molecule has 2 aromatic rings. The number of hydrogen-bond donors (Lipinski definition) is 1. The Morgan fingerprint density at radius 2 is 1.75 bits per heavy atom. The van der Waals surface area contributed by atoms with Gasteiger partial charge in [-0.15, -0.1) is 0 Å². The maximum atomic E-state index is 13.8. The smallest absolute Gasteiger partial charge is 0.256 e. The van der Waals surface area contributed by atoms with Gasteiger partial charge in [0, 0.05) is 30.1 Å². The standard InChI is InChI=1S/C22H23ClFN3O.2C2H6/c1-14(20-11-21(26-25-20)16-6-2-4-8-18(16)23)10-15-12-27(13-15)22(28)17-7-3-5-9-19(17)24;2*1-2/h2-9,14-15,20,25H,10-13H2,1H3;2*1-2H3. The highest BCUT2D eigenvalue weighted by atomic mass is 35.5. The Morgan fingerprint density at radius 3 is 2.41 bits per heavy atom. The molecule has 1 N–H and O–H groups in total. The van der Waals surface area contributed by atoms with E-state index in [1.165, 1.54) is 6.07 Å². The van der Waals surface area contributed by atoms with E-state index in [9.17, 15) is 9.18 Å². The van der Waals surface area contributed by atoms with Crippen LogP contribution in [0.2, 0.25) is 5.02 Å². The first-order valence-electron chi connectivity index (χ1n) is 11.6. The Morgan fingerprint density at radius 1 is 1.12 bits per heavy atom. The minimum absolute atomic E-state index is 0.157. The van der Waals surface area contributed by atoms with E-state index in [0.717, 1.165) is 29.1 Å². The third kappa shape index (κ3) is 6.10. The maximum Gasteiger partial charge on any atom is 0.256 e. The van der Waals surface area contributed by atoms with Crippen LogP contribution in [-0.2, 0) is 0 Å². The molecule has 4 rings (SSSR count). The van der Waals surface area contributed by atoms with Crippen LogP contribution in [0, 0.1) is 17.7 Å². The summed E-state index contributed by atoms with van der Waals surface area (Å²) in [5.41, 5.74) is 5.38. The molecule has 2 aliphatic rings. The molecule has 0 radical (unpaired) electrons. The SMILES string of the molecule is CC.CC.CC(CC1CN(C(=O)c2ccccc2F)C1)C1CC(c2ccccc2Cl)=NN1. The second-order valence-corrected chi connectivity index (χ2v) is 8.15. The van der Waals surface area contributed by atoms with Crippen LogP contribution >= 0.6 is 11.6 Å². The van der Waals surface area contributed by atoms with Gasteiger partial charge in [-0.1, -0.05) is 76.6 Å². The number of benzene rings is 2. The summed E-state index contributed by atoms with van der Waals surface area (Å²) < 4.78 is 13.8. The molecule has 1 fully saturated rings.